The Kier molecular flexibility index (Phi) is 5.85. The molecule has 2 rings (SSSR count). The van der Waals surface area contributed by atoms with Gasteiger partial charge in [-0.05, 0) is 18.2 Å². The maximum atomic E-state index is 13.0. The SMILES string of the molecule is COc1ccc(S(=O)(=O)N(CC(=O)O)c2cccc([N+](=O)[O-])c2)cc1OC. The van der Waals surface area contributed by atoms with Gasteiger partial charge in [-0.15, -0.1) is 0 Å². The van der Waals surface area contributed by atoms with Gasteiger partial charge in [-0.2, -0.15) is 0 Å². The first-order chi connectivity index (χ1) is 12.7. The molecule has 1 N–H and O–H groups in total. The minimum atomic E-state index is -4.35. The summed E-state index contributed by atoms with van der Waals surface area (Å²) in [6, 6.07) is 8.47. The van der Waals surface area contributed by atoms with Crippen LogP contribution in [-0.4, -0.2) is 45.2 Å². The number of hydrogen-bond donors (Lipinski definition) is 1. The lowest BCUT2D eigenvalue weighted by atomic mass is 10.3. The molecule has 0 radical (unpaired) electrons. The first kappa shape index (κ1) is 20.0. The number of sulfonamides is 1. The number of nitro benzene ring substituents is 1. The normalized spacial score (nSPS) is 10.9. The van der Waals surface area contributed by atoms with E-state index in [1.807, 2.05) is 0 Å². The summed E-state index contributed by atoms with van der Waals surface area (Å²) in [4.78, 5) is 21.2. The molecule has 2 aromatic rings. The van der Waals surface area contributed by atoms with Gasteiger partial charge in [0.05, 0.1) is 29.7 Å². The van der Waals surface area contributed by atoms with Crippen LogP contribution in [0, 0.1) is 10.1 Å². The van der Waals surface area contributed by atoms with Crippen molar-refractivity contribution in [2.24, 2.45) is 0 Å². The second-order valence-electron chi connectivity index (χ2n) is 5.20. The predicted molar refractivity (Wildman–Crippen MR) is 94.8 cm³/mol. The van der Waals surface area contributed by atoms with Crippen LogP contribution >= 0.6 is 0 Å². The highest BCUT2D eigenvalue weighted by atomic mass is 32.2. The van der Waals surface area contributed by atoms with Crippen molar-refractivity contribution < 1.29 is 32.7 Å². The molecule has 27 heavy (non-hydrogen) atoms. The lowest BCUT2D eigenvalue weighted by molar-refractivity contribution is -0.384. The number of methoxy groups -OCH3 is 2. The first-order valence-corrected chi connectivity index (χ1v) is 8.85. The third-order valence-electron chi connectivity index (χ3n) is 3.55. The van der Waals surface area contributed by atoms with Gasteiger partial charge >= 0.3 is 5.97 Å². The molecule has 0 atom stereocenters. The molecule has 0 unspecified atom stereocenters. The Bertz CT molecular complexity index is 974. The Morgan fingerprint density at radius 2 is 1.81 bits per heavy atom. The second-order valence-corrected chi connectivity index (χ2v) is 7.06. The van der Waals surface area contributed by atoms with Gasteiger partial charge in [0.1, 0.15) is 6.54 Å². The van der Waals surface area contributed by atoms with Crippen LogP contribution in [0.4, 0.5) is 11.4 Å². The van der Waals surface area contributed by atoms with E-state index >= 15 is 0 Å². The van der Waals surface area contributed by atoms with E-state index in [-0.39, 0.29) is 27.8 Å². The Hall–Kier alpha value is -3.34. The Labute approximate surface area is 154 Å². The molecule has 11 heteroatoms. The Morgan fingerprint density at radius 1 is 1.15 bits per heavy atom. The third kappa shape index (κ3) is 4.26. The van der Waals surface area contributed by atoms with Gasteiger partial charge in [-0.3, -0.25) is 19.2 Å². The highest BCUT2D eigenvalue weighted by Crippen LogP contribution is 2.32. The molecule has 0 fully saturated rings. The highest BCUT2D eigenvalue weighted by Gasteiger charge is 2.29. The summed E-state index contributed by atoms with van der Waals surface area (Å²) >= 11 is 0. The van der Waals surface area contributed by atoms with Gasteiger partial charge < -0.3 is 14.6 Å². The second kappa shape index (κ2) is 7.91. The van der Waals surface area contributed by atoms with Gasteiger partial charge in [0, 0.05) is 18.2 Å². The summed E-state index contributed by atoms with van der Waals surface area (Å²) in [5, 5.41) is 20.1. The number of benzene rings is 2. The number of ether oxygens (including phenoxy) is 2. The van der Waals surface area contributed by atoms with E-state index in [1.165, 1.54) is 50.6 Å². The molecule has 0 bridgehead atoms. The molecule has 0 aromatic heterocycles. The van der Waals surface area contributed by atoms with Crippen molar-refractivity contribution in [1.29, 1.82) is 0 Å². The van der Waals surface area contributed by atoms with E-state index in [4.69, 9.17) is 14.6 Å². The van der Waals surface area contributed by atoms with Crippen LogP contribution < -0.4 is 13.8 Å². The minimum Gasteiger partial charge on any atom is -0.493 e. The maximum Gasteiger partial charge on any atom is 0.324 e. The van der Waals surface area contributed by atoms with Crippen LogP contribution in [0.5, 0.6) is 11.5 Å². The van der Waals surface area contributed by atoms with E-state index in [9.17, 15) is 23.3 Å². The monoisotopic (exact) mass is 396 g/mol. The van der Waals surface area contributed by atoms with Crippen LogP contribution in [0.15, 0.2) is 47.4 Å². The average Bonchev–Trinajstić information content (AvgIpc) is 2.65. The smallest absolute Gasteiger partial charge is 0.324 e. The summed E-state index contributed by atoms with van der Waals surface area (Å²) in [6.07, 6.45) is 0. The highest BCUT2D eigenvalue weighted by molar-refractivity contribution is 7.92. The van der Waals surface area contributed by atoms with Gasteiger partial charge in [0.25, 0.3) is 15.7 Å². The molecule has 0 spiro atoms. The van der Waals surface area contributed by atoms with Crippen LogP contribution in [0.1, 0.15) is 0 Å². The van der Waals surface area contributed by atoms with Crippen LogP contribution in [0.2, 0.25) is 0 Å². The number of carbonyl (C=O) groups is 1. The molecule has 0 aliphatic heterocycles. The van der Waals surface area contributed by atoms with Crippen molar-refractivity contribution in [3.63, 3.8) is 0 Å². The molecule has 0 saturated carbocycles. The molecule has 0 saturated heterocycles. The molecule has 0 aliphatic carbocycles. The Balaban J connectivity index is 2.60. The number of nitrogens with zero attached hydrogens (tertiary/aromatic N) is 2. The average molecular weight is 396 g/mol. The molecule has 2 aromatic carbocycles. The fraction of sp³-hybridized carbons (Fsp3) is 0.188. The van der Waals surface area contributed by atoms with Crippen LogP contribution in [0.25, 0.3) is 0 Å². The largest absolute Gasteiger partial charge is 0.493 e. The molecule has 0 heterocycles. The number of aliphatic carboxylic acids is 1. The number of rotatable bonds is 8. The third-order valence-corrected chi connectivity index (χ3v) is 5.32. The van der Waals surface area contributed by atoms with Crippen molar-refractivity contribution in [3.8, 4) is 11.5 Å². The van der Waals surface area contributed by atoms with Crippen molar-refractivity contribution in [3.05, 3.63) is 52.6 Å². The summed E-state index contributed by atoms with van der Waals surface area (Å²) in [5.74, 6) is -1.00. The molecular weight excluding hydrogens is 380 g/mol. The number of nitro groups is 1. The van der Waals surface area contributed by atoms with Gasteiger partial charge in [-0.25, -0.2) is 8.42 Å². The zero-order valence-electron chi connectivity index (χ0n) is 14.4. The van der Waals surface area contributed by atoms with E-state index in [0.29, 0.717) is 4.31 Å². The van der Waals surface area contributed by atoms with Crippen LogP contribution in [0.3, 0.4) is 0 Å². The van der Waals surface area contributed by atoms with Gasteiger partial charge in [-0.1, -0.05) is 6.07 Å². The topological polar surface area (TPSA) is 136 Å². The van der Waals surface area contributed by atoms with Gasteiger partial charge in [0.2, 0.25) is 0 Å². The predicted octanol–water partition coefficient (Wildman–Crippen LogP) is 1.89. The molecular formula is C16H16N2O8S. The van der Waals surface area contributed by atoms with E-state index in [2.05, 4.69) is 0 Å². The molecule has 10 nitrogen and oxygen atoms in total. The maximum absolute atomic E-state index is 13.0. The summed E-state index contributed by atoms with van der Waals surface area (Å²) in [6.45, 7) is -0.919. The number of carboxylic acids is 1. The molecule has 144 valence electrons. The van der Waals surface area contributed by atoms with Crippen molar-refractivity contribution >= 4 is 27.4 Å². The number of anilines is 1. The minimum absolute atomic E-state index is 0.132. The van der Waals surface area contributed by atoms with E-state index in [1.54, 1.807) is 0 Å². The lowest BCUT2D eigenvalue weighted by Crippen LogP contribution is -2.35. The first-order valence-electron chi connectivity index (χ1n) is 7.41. The zero-order valence-corrected chi connectivity index (χ0v) is 15.2. The van der Waals surface area contributed by atoms with E-state index in [0.717, 1.165) is 6.07 Å². The number of hydrogen-bond acceptors (Lipinski definition) is 7. The fourth-order valence-electron chi connectivity index (χ4n) is 2.30. The number of carboxylic acid groups (broad SMARTS) is 1. The quantitative estimate of drug-likeness (QED) is 0.528. The van der Waals surface area contributed by atoms with Crippen LogP contribution in [-0.2, 0) is 14.8 Å². The number of non-ortho nitro benzene ring substituents is 1. The van der Waals surface area contributed by atoms with E-state index < -0.39 is 27.5 Å². The summed E-state index contributed by atoms with van der Waals surface area (Å²) in [7, 11) is -1.65. The van der Waals surface area contributed by atoms with Crippen molar-refractivity contribution in [1.82, 2.24) is 0 Å². The van der Waals surface area contributed by atoms with Crippen molar-refractivity contribution in [2.45, 2.75) is 4.90 Å². The summed E-state index contributed by atoms with van der Waals surface area (Å²) < 4.78 is 36.7. The van der Waals surface area contributed by atoms with Crippen molar-refractivity contribution in [2.75, 3.05) is 25.1 Å². The standard InChI is InChI=1S/C16H16N2O8S/c1-25-14-7-6-13(9-15(14)26-2)27(23,24)17(10-16(19)20)11-4-3-5-12(8-11)18(21)22/h3-9H,10H2,1-2H3,(H,19,20). The zero-order chi connectivity index (χ0) is 20.2. The Morgan fingerprint density at radius 3 is 2.37 bits per heavy atom. The molecule has 0 amide bonds. The fourth-order valence-corrected chi connectivity index (χ4v) is 3.73. The summed E-state index contributed by atoms with van der Waals surface area (Å²) in [5.41, 5.74) is -0.521. The molecule has 0 aliphatic rings. The van der Waals surface area contributed by atoms with Gasteiger partial charge in [0.15, 0.2) is 11.5 Å². The lowest BCUT2D eigenvalue weighted by Gasteiger charge is -2.23.